The molecule has 6 heteroatoms. The van der Waals surface area contributed by atoms with Crippen LogP contribution in [0, 0.1) is 13.8 Å². The van der Waals surface area contributed by atoms with Crippen molar-refractivity contribution < 1.29 is 9.59 Å². The first-order chi connectivity index (χ1) is 9.50. The summed E-state index contributed by atoms with van der Waals surface area (Å²) < 4.78 is 0. The highest BCUT2D eigenvalue weighted by Gasteiger charge is 2.19. The molecule has 0 saturated carbocycles. The molecule has 0 atom stereocenters. The zero-order valence-electron chi connectivity index (χ0n) is 11.6. The van der Waals surface area contributed by atoms with E-state index in [-0.39, 0.29) is 17.3 Å². The number of carbonyl (C=O) groups is 2. The van der Waals surface area contributed by atoms with E-state index in [1.807, 2.05) is 0 Å². The molecule has 0 aliphatic carbocycles. The number of aryl methyl sites for hydroxylation is 1. The quantitative estimate of drug-likeness (QED) is 0.520. The van der Waals surface area contributed by atoms with Gasteiger partial charge in [-0.2, -0.15) is 0 Å². The molecule has 0 fully saturated rings. The second-order valence-corrected chi connectivity index (χ2v) is 5.37. The normalized spacial score (nSPS) is 10.6. The van der Waals surface area contributed by atoms with E-state index in [2.05, 4.69) is 15.0 Å². The van der Waals surface area contributed by atoms with E-state index < -0.39 is 0 Å². The molecule has 0 amide bonds. The van der Waals surface area contributed by atoms with Gasteiger partial charge in [-0.15, -0.1) is 0 Å². The van der Waals surface area contributed by atoms with Crippen LogP contribution >= 0.6 is 11.8 Å². The Morgan fingerprint density at radius 2 is 1.90 bits per heavy atom. The zero-order chi connectivity index (χ0) is 14.7. The van der Waals surface area contributed by atoms with Gasteiger partial charge in [0.05, 0.1) is 11.4 Å². The van der Waals surface area contributed by atoms with Crippen molar-refractivity contribution in [1.82, 2.24) is 15.0 Å². The third kappa shape index (κ3) is 2.96. The molecular formula is C14H15N3O2S. The minimum atomic E-state index is -0.0597. The van der Waals surface area contributed by atoms with Crippen LogP contribution in [0.4, 0.5) is 0 Å². The summed E-state index contributed by atoms with van der Waals surface area (Å²) in [5, 5.41) is 0.563. The third-order valence-electron chi connectivity index (χ3n) is 2.94. The van der Waals surface area contributed by atoms with Crippen molar-refractivity contribution in [1.29, 1.82) is 0 Å². The maximum absolute atomic E-state index is 12.2. The number of Topliss-reactive ketones (excluding diaryl/α,β-unsaturated/α-hetero) is 2. The molecule has 2 aromatic rings. The van der Waals surface area contributed by atoms with E-state index in [0.29, 0.717) is 16.4 Å². The van der Waals surface area contributed by atoms with Crippen LogP contribution in [0.15, 0.2) is 23.6 Å². The van der Waals surface area contributed by atoms with Gasteiger partial charge in [0.1, 0.15) is 0 Å². The highest BCUT2D eigenvalue weighted by atomic mass is 32.2. The van der Waals surface area contributed by atoms with Crippen molar-refractivity contribution in [3.8, 4) is 0 Å². The number of thioether (sulfide) groups is 1. The van der Waals surface area contributed by atoms with E-state index in [4.69, 9.17) is 0 Å². The first-order valence-corrected chi connectivity index (χ1v) is 7.12. The molecule has 0 aromatic carbocycles. The fourth-order valence-electron chi connectivity index (χ4n) is 2.12. The van der Waals surface area contributed by atoms with Crippen molar-refractivity contribution in [3.63, 3.8) is 0 Å². The van der Waals surface area contributed by atoms with Crippen LogP contribution in [0.3, 0.4) is 0 Å². The summed E-state index contributed by atoms with van der Waals surface area (Å²) in [6.07, 6.45) is 3.27. The Labute approximate surface area is 121 Å². The lowest BCUT2D eigenvalue weighted by molar-refractivity contribution is 0.101. The summed E-state index contributed by atoms with van der Waals surface area (Å²) in [7, 11) is 0. The molecule has 0 spiro atoms. The number of H-pyrrole nitrogens is 1. The van der Waals surface area contributed by atoms with Gasteiger partial charge >= 0.3 is 0 Å². The van der Waals surface area contributed by atoms with Gasteiger partial charge in [-0.1, -0.05) is 11.8 Å². The Kier molecular flexibility index (Phi) is 4.34. The van der Waals surface area contributed by atoms with Crippen LogP contribution in [0.1, 0.15) is 39.0 Å². The number of nitrogens with one attached hydrogen (secondary N) is 1. The van der Waals surface area contributed by atoms with Gasteiger partial charge in [-0.3, -0.25) is 9.59 Å². The highest BCUT2D eigenvalue weighted by Crippen LogP contribution is 2.21. The van der Waals surface area contributed by atoms with Crippen LogP contribution in [-0.2, 0) is 0 Å². The molecule has 1 N–H and O–H groups in total. The van der Waals surface area contributed by atoms with Crippen LogP contribution < -0.4 is 0 Å². The summed E-state index contributed by atoms with van der Waals surface area (Å²) in [5.41, 5.74) is 2.55. The average Bonchev–Trinajstić information content (AvgIpc) is 2.72. The summed E-state index contributed by atoms with van der Waals surface area (Å²) >= 11 is 1.28. The van der Waals surface area contributed by atoms with Crippen molar-refractivity contribution in [3.05, 3.63) is 41.0 Å². The standard InChI is InChI=1S/C14H15N3O2S/c1-8-12(10(3)18)9(2)17-13(8)11(19)7-20-14-15-5-4-6-16-14/h4-6,17H,7H2,1-3H3. The largest absolute Gasteiger partial charge is 0.355 e. The second kappa shape index (κ2) is 6.00. The maximum atomic E-state index is 12.2. The molecule has 0 bridgehead atoms. The maximum Gasteiger partial charge on any atom is 0.189 e. The van der Waals surface area contributed by atoms with Crippen LogP contribution in [0.5, 0.6) is 0 Å². The fraction of sp³-hybridized carbons (Fsp3) is 0.286. The average molecular weight is 289 g/mol. The summed E-state index contributed by atoms with van der Waals surface area (Å²) in [5.74, 6) is 0.146. The van der Waals surface area contributed by atoms with E-state index in [9.17, 15) is 9.59 Å². The van der Waals surface area contributed by atoms with Gasteiger partial charge in [-0.05, 0) is 32.4 Å². The van der Waals surface area contributed by atoms with E-state index in [1.54, 1.807) is 32.3 Å². The van der Waals surface area contributed by atoms with Crippen LogP contribution in [-0.4, -0.2) is 32.3 Å². The Hall–Kier alpha value is -1.95. The first-order valence-electron chi connectivity index (χ1n) is 6.13. The Bertz CT molecular complexity index is 650. The summed E-state index contributed by atoms with van der Waals surface area (Å²) in [6.45, 7) is 5.09. The van der Waals surface area contributed by atoms with Crippen molar-refractivity contribution >= 4 is 23.3 Å². The van der Waals surface area contributed by atoms with Gasteiger partial charge in [-0.25, -0.2) is 9.97 Å². The lowest BCUT2D eigenvalue weighted by Crippen LogP contribution is -2.06. The molecule has 2 heterocycles. The van der Waals surface area contributed by atoms with E-state index >= 15 is 0 Å². The number of rotatable bonds is 5. The minimum Gasteiger partial charge on any atom is -0.355 e. The lowest BCUT2D eigenvalue weighted by atomic mass is 10.1. The minimum absolute atomic E-state index is 0.0330. The molecule has 20 heavy (non-hydrogen) atoms. The molecular weight excluding hydrogens is 274 g/mol. The third-order valence-corrected chi connectivity index (χ3v) is 3.82. The number of aromatic nitrogens is 3. The van der Waals surface area contributed by atoms with Gasteiger partial charge in [0.15, 0.2) is 16.7 Å². The Morgan fingerprint density at radius 1 is 1.25 bits per heavy atom. The van der Waals surface area contributed by atoms with Gasteiger partial charge in [0.25, 0.3) is 0 Å². The Morgan fingerprint density at radius 3 is 2.45 bits per heavy atom. The number of nitrogens with zero attached hydrogens (tertiary/aromatic N) is 2. The van der Waals surface area contributed by atoms with Crippen LogP contribution in [0.25, 0.3) is 0 Å². The highest BCUT2D eigenvalue weighted by molar-refractivity contribution is 7.99. The molecule has 0 saturated heterocycles. The molecule has 5 nitrogen and oxygen atoms in total. The summed E-state index contributed by atoms with van der Waals surface area (Å²) in [6, 6.07) is 1.73. The molecule has 0 radical (unpaired) electrons. The van der Waals surface area contributed by atoms with Crippen LogP contribution in [0.2, 0.25) is 0 Å². The molecule has 0 aliphatic heterocycles. The number of hydrogen-bond acceptors (Lipinski definition) is 5. The number of aromatic amines is 1. The molecule has 0 aliphatic rings. The molecule has 0 unspecified atom stereocenters. The Balaban J connectivity index is 2.14. The lowest BCUT2D eigenvalue weighted by Gasteiger charge is -2.00. The first kappa shape index (κ1) is 14.5. The predicted octanol–water partition coefficient (Wildman–Crippen LogP) is 2.60. The number of hydrogen-bond donors (Lipinski definition) is 1. The van der Waals surface area contributed by atoms with E-state index in [0.717, 1.165) is 11.3 Å². The van der Waals surface area contributed by atoms with E-state index in [1.165, 1.54) is 18.7 Å². The fourth-order valence-corrected chi connectivity index (χ4v) is 2.79. The van der Waals surface area contributed by atoms with Crippen molar-refractivity contribution in [2.75, 3.05) is 5.75 Å². The predicted molar refractivity (Wildman–Crippen MR) is 77.4 cm³/mol. The molecule has 104 valence electrons. The topological polar surface area (TPSA) is 75.7 Å². The van der Waals surface area contributed by atoms with Gasteiger partial charge in [0, 0.05) is 23.7 Å². The SMILES string of the molecule is CC(=O)c1c(C)[nH]c(C(=O)CSc2ncccn2)c1C. The molecule has 2 aromatic heterocycles. The number of carbonyl (C=O) groups excluding carboxylic acids is 2. The van der Waals surface area contributed by atoms with Gasteiger partial charge in [0.2, 0.25) is 0 Å². The van der Waals surface area contributed by atoms with Gasteiger partial charge < -0.3 is 4.98 Å². The van der Waals surface area contributed by atoms with Crippen molar-refractivity contribution in [2.45, 2.75) is 25.9 Å². The summed E-state index contributed by atoms with van der Waals surface area (Å²) in [4.78, 5) is 34.9. The smallest absolute Gasteiger partial charge is 0.189 e. The zero-order valence-corrected chi connectivity index (χ0v) is 12.4. The monoisotopic (exact) mass is 289 g/mol. The number of ketones is 2. The van der Waals surface area contributed by atoms with Crippen molar-refractivity contribution in [2.24, 2.45) is 0 Å². The molecule has 2 rings (SSSR count). The second-order valence-electron chi connectivity index (χ2n) is 4.42.